The summed E-state index contributed by atoms with van der Waals surface area (Å²) >= 11 is 0. The van der Waals surface area contributed by atoms with Crippen molar-refractivity contribution < 1.29 is 0 Å². The third-order valence-corrected chi connectivity index (χ3v) is 3.80. The van der Waals surface area contributed by atoms with Crippen molar-refractivity contribution in [2.24, 2.45) is 7.05 Å². The molecule has 0 bridgehead atoms. The molecule has 0 radical (unpaired) electrons. The summed E-state index contributed by atoms with van der Waals surface area (Å²) in [6.07, 6.45) is 9.58. The maximum atomic E-state index is 4.56. The van der Waals surface area contributed by atoms with E-state index in [2.05, 4.69) is 32.3 Å². The molecule has 5 heteroatoms. The highest BCUT2D eigenvalue weighted by molar-refractivity contribution is 5.48. The minimum Gasteiger partial charge on any atom is -0.377 e. The van der Waals surface area contributed by atoms with E-state index in [9.17, 15) is 0 Å². The quantitative estimate of drug-likeness (QED) is 0.927. The van der Waals surface area contributed by atoms with Gasteiger partial charge in [0, 0.05) is 32.5 Å². The van der Waals surface area contributed by atoms with Crippen molar-refractivity contribution >= 4 is 11.5 Å². The van der Waals surface area contributed by atoms with E-state index in [0.717, 1.165) is 30.4 Å². The molecule has 1 N–H and O–H groups in total. The van der Waals surface area contributed by atoms with Crippen LogP contribution in [0.25, 0.3) is 0 Å². The zero-order valence-electron chi connectivity index (χ0n) is 11.9. The first-order chi connectivity index (χ1) is 9.83. The maximum Gasteiger partial charge on any atom is 0.128 e. The van der Waals surface area contributed by atoms with Gasteiger partial charge in [-0.05, 0) is 31.4 Å². The number of piperidine rings is 1. The number of aromatic nitrogens is 3. The Bertz CT molecular complexity index is 540. The van der Waals surface area contributed by atoms with Gasteiger partial charge in [-0.15, -0.1) is 0 Å². The normalized spacial score (nSPS) is 15.3. The highest BCUT2D eigenvalue weighted by atomic mass is 15.2. The summed E-state index contributed by atoms with van der Waals surface area (Å²) in [5.74, 6) is 2.11. The largest absolute Gasteiger partial charge is 0.377 e. The Hall–Kier alpha value is -2.04. The van der Waals surface area contributed by atoms with Gasteiger partial charge in [0.1, 0.15) is 11.6 Å². The summed E-state index contributed by atoms with van der Waals surface area (Å²) in [5, 5.41) is 3.35. The van der Waals surface area contributed by atoms with Gasteiger partial charge in [-0.3, -0.25) is 0 Å². The fourth-order valence-electron chi connectivity index (χ4n) is 2.55. The van der Waals surface area contributed by atoms with Gasteiger partial charge in [0.15, 0.2) is 0 Å². The van der Waals surface area contributed by atoms with Crippen molar-refractivity contribution in [3.05, 3.63) is 36.5 Å². The molecule has 3 rings (SSSR count). The van der Waals surface area contributed by atoms with Crippen molar-refractivity contribution in [1.82, 2.24) is 14.5 Å². The summed E-state index contributed by atoms with van der Waals surface area (Å²) in [5.41, 5.74) is 1.04. The lowest BCUT2D eigenvalue weighted by Crippen LogP contribution is -2.30. The molecule has 0 spiro atoms. The first kappa shape index (κ1) is 13.0. The first-order valence-corrected chi connectivity index (χ1v) is 7.24. The summed E-state index contributed by atoms with van der Waals surface area (Å²) in [4.78, 5) is 11.2. The second-order valence-electron chi connectivity index (χ2n) is 5.26. The van der Waals surface area contributed by atoms with E-state index >= 15 is 0 Å². The van der Waals surface area contributed by atoms with Gasteiger partial charge in [-0.2, -0.15) is 0 Å². The Kier molecular flexibility index (Phi) is 3.85. The molecule has 0 unspecified atom stereocenters. The molecule has 2 aromatic rings. The van der Waals surface area contributed by atoms with E-state index in [-0.39, 0.29) is 0 Å². The highest BCUT2D eigenvalue weighted by Crippen LogP contribution is 2.19. The second kappa shape index (κ2) is 5.94. The van der Waals surface area contributed by atoms with Gasteiger partial charge in [-0.25, -0.2) is 9.97 Å². The maximum absolute atomic E-state index is 4.56. The molecule has 1 aliphatic heterocycles. The predicted octanol–water partition coefficient (Wildman–Crippen LogP) is 2.42. The number of rotatable bonds is 4. The van der Waals surface area contributed by atoms with Crippen LogP contribution in [0.5, 0.6) is 0 Å². The third kappa shape index (κ3) is 2.92. The van der Waals surface area contributed by atoms with Crippen LogP contribution < -0.4 is 10.2 Å². The van der Waals surface area contributed by atoms with E-state index in [1.54, 1.807) is 0 Å². The zero-order valence-corrected chi connectivity index (χ0v) is 11.9. The average molecular weight is 271 g/mol. The fourth-order valence-corrected chi connectivity index (χ4v) is 2.55. The van der Waals surface area contributed by atoms with Crippen molar-refractivity contribution in [2.45, 2.75) is 25.8 Å². The Morgan fingerprint density at radius 3 is 2.65 bits per heavy atom. The molecule has 2 aromatic heterocycles. The Morgan fingerprint density at radius 2 is 2.00 bits per heavy atom. The van der Waals surface area contributed by atoms with E-state index in [1.807, 2.05) is 30.2 Å². The van der Waals surface area contributed by atoms with Gasteiger partial charge in [0.05, 0.1) is 18.4 Å². The van der Waals surface area contributed by atoms with Gasteiger partial charge in [0.25, 0.3) is 0 Å². The van der Waals surface area contributed by atoms with Gasteiger partial charge in [-0.1, -0.05) is 0 Å². The lowest BCUT2D eigenvalue weighted by molar-refractivity contribution is 0.573. The third-order valence-electron chi connectivity index (χ3n) is 3.80. The lowest BCUT2D eigenvalue weighted by atomic mass is 10.1. The molecule has 3 heterocycles. The molecule has 0 amide bonds. The molecule has 0 saturated carbocycles. The number of nitrogens with zero attached hydrogens (tertiary/aromatic N) is 4. The molecule has 1 fully saturated rings. The fraction of sp³-hybridized carbons (Fsp3) is 0.467. The van der Waals surface area contributed by atoms with Crippen LogP contribution in [0.3, 0.4) is 0 Å². The van der Waals surface area contributed by atoms with Crippen molar-refractivity contribution in [1.29, 1.82) is 0 Å². The van der Waals surface area contributed by atoms with Crippen LogP contribution in [0.15, 0.2) is 30.7 Å². The zero-order chi connectivity index (χ0) is 13.8. The van der Waals surface area contributed by atoms with Crippen molar-refractivity contribution in [3.8, 4) is 0 Å². The van der Waals surface area contributed by atoms with E-state index in [0.29, 0.717) is 6.54 Å². The number of pyridine rings is 1. The molecule has 0 aliphatic carbocycles. The predicted molar refractivity (Wildman–Crippen MR) is 80.8 cm³/mol. The van der Waals surface area contributed by atoms with Crippen LogP contribution in [0.4, 0.5) is 11.5 Å². The Morgan fingerprint density at radius 1 is 1.15 bits per heavy atom. The molecule has 0 aromatic carbocycles. The van der Waals surface area contributed by atoms with Crippen LogP contribution >= 0.6 is 0 Å². The summed E-state index contributed by atoms with van der Waals surface area (Å²) in [6, 6.07) is 4.20. The topological polar surface area (TPSA) is 46.0 Å². The summed E-state index contributed by atoms with van der Waals surface area (Å²) in [6.45, 7) is 2.98. The van der Waals surface area contributed by atoms with Gasteiger partial charge >= 0.3 is 0 Å². The van der Waals surface area contributed by atoms with Crippen LogP contribution in [0.1, 0.15) is 25.1 Å². The van der Waals surface area contributed by atoms with Crippen molar-refractivity contribution in [3.63, 3.8) is 0 Å². The molecular formula is C15H21N5. The summed E-state index contributed by atoms with van der Waals surface area (Å²) in [7, 11) is 2.00. The van der Waals surface area contributed by atoms with E-state index in [4.69, 9.17) is 0 Å². The van der Waals surface area contributed by atoms with Crippen LogP contribution in [-0.4, -0.2) is 27.6 Å². The SMILES string of the molecule is Cn1ccnc1CNc1ccc(N2CCCCC2)nc1. The van der Waals surface area contributed by atoms with Crippen LogP contribution in [-0.2, 0) is 13.6 Å². The number of aryl methyl sites for hydroxylation is 1. The number of nitrogens with one attached hydrogen (secondary N) is 1. The molecule has 1 aliphatic rings. The molecule has 5 nitrogen and oxygen atoms in total. The lowest BCUT2D eigenvalue weighted by Gasteiger charge is -2.27. The van der Waals surface area contributed by atoms with Crippen LogP contribution in [0, 0.1) is 0 Å². The highest BCUT2D eigenvalue weighted by Gasteiger charge is 2.11. The Labute approximate surface area is 119 Å². The number of imidazole rings is 1. The average Bonchev–Trinajstić information content (AvgIpc) is 2.92. The molecule has 20 heavy (non-hydrogen) atoms. The molecule has 106 valence electrons. The van der Waals surface area contributed by atoms with Gasteiger partial charge < -0.3 is 14.8 Å². The molecule has 0 atom stereocenters. The minimum atomic E-state index is 0.717. The number of hydrogen-bond acceptors (Lipinski definition) is 4. The standard InChI is InChI=1S/C15H21N5/c1-19-10-7-16-15(19)12-17-13-5-6-14(18-11-13)20-8-3-2-4-9-20/h5-7,10-11,17H,2-4,8-9,12H2,1H3. The van der Waals surface area contributed by atoms with E-state index < -0.39 is 0 Å². The van der Waals surface area contributed by atoms with Gasteiger partial charge in [0.2, 0.25) is 0 Å². The van der Waals surface area contributed by atoms with Crippen molar-refractivity contribution in [2.75, 3.05) is 23.3 Å². The number of anilines is 2. The first-order valence-electron chi connectivity index (χ1n) is 7.24. The van der Waals surface area contributed by atoms with Crippen LogP contribution in [0.2, 0.25) is 0 Å². The van der Waals surface area contributed by atoms with E-state index in [1.165, 1.54) is 19.3 Å². The summed E-state index contributed by atoms with van der Waals surface area (Å²) < 4.78 is 2.02. The minimum absolute atomic E-state index is 0.717. The monoisotopic (exact) mass is 271 g/mol. The second-order valence-corrected chi connectivity index (χ2v) is 5.26. The molecular weight excluding hydrogens is 250 g/mol. The molecule has 1 saturated heterocycles. The Balaban J connectivity index is 1.59. The smallest absolute Gasteiger partial charge is 0.128 e. The number of hydrogen-bond donors (Lipinski definition) is 1.